The van der Waals surface area contributed by atoms with Gasteiger partial charge in [-0.1, -0.05) is 0 Å². The van der Waals surface area contributed by atoms with Crippen LogP contribution in [0, 0.1) is 5.92 Å². The van der Waals surface area contributed by atoms with Crippen molar-refractivity contribution in [2.75, 3.05) is 39.4 Å². The number of hydrogen-bond donors (Lipinski definition) is 5. The molecule has 1 aliphatic carbocycles. The molecule has 0 spiro atoms. The molecule has 6 unspecified atom stereocenters. The minimum atomic E-state index is 0.108. The Morgan fingerprint density at radius 1 is 0.826 bits per heavy atom. The van der Waals surface area contributed by atoms with E-state index in [2.05, 4.69) is 26.8 Å². The van der Waals surface area contributed by atoms with Crippen molar-refractivity contribution in [3.8, 4) is 0 Å². The molecule has 0 aromatic carbocycles. The Morgan fingerprint density at radius 2 is 1.83 bits per heavy atom. The number of hydrogen-bond acceptors (Lipinski definition) is 7. The number of piperazine rings is 1. The van der Waals surface area contributed by atoms with Crippen LogP contribution in [-0.2, 0) is 9.47 Å². The van der Waals surface area contributed by atoms with Gasteiger partial charge in [0.15, 0.2) is 0 Å². The van der Waals surface area contributed by atoms with E-state index in [1.54, 1.807) is 0 Å². The molecule has 7 nitrogen and oxygen atoms in total. The van der Waals surface area contributed by atoms with Gasteiger partial charge in [0.2, 0.25) is 0 Å². The summed E-state index contributed by atoms with van der Waals surface area (Å²) in [6.07, 6.45) is 5.16. The highest BCUT2D eigenvalue weighted by Gasteiger charge is 2.44. The van der Waals surface area contributed by atoms with Crippen LogP contribution in [0.5, 0.6) is 0 Å². The van der Waals surface area contributed by atoms with Crippen molar-refractivity contribution >= 4 is 0 Å². The van der Waals surface area contributed by atoms with Crippen molar-refractivity contribution in [1.29, 1.82) is 0 Å². The van der Waals surface area contributed by atoms with E-state index in [0.717, 1.165) is 52.2 Å². The lowest BCUT2D eigenvalue weighted by atomic mass is 9.78. The zero-order valence-electron chi connectivity index (χ0n) is 13.9. The van der Waals surface area contributed by atoms with Gasteiger partial charge in [0.05, 0.1) is 12.7 Å². The summed E-state index contributed by atoms with van der Waals surface area (Å²) in [7, 11) is 0. The molecule has 23 heavy (non-hydrogen) atoms. The topological polar surface area (TPSA) is 78.6 Å². The van der Waals surface area contributed by atoms with Crippen LogP contribution >= 0.6 is 0 Å². The molecule has 6 atom stereocenters. The Labute approximate surface area is 138 Å². The molecule has 0 aromatic heterocycles. The Balaban J connectivity index is 1.45. The van der Waals surface area contributed by atoms with Gasteiger partial charge in [-0.05, 0) is 38.1 Å². The van der Waals surface area contributed by atoms with Gasteiger partial charge >= 0.3 is 0 Å². The SMILES string of the molecule is C1CNCCOC2CNCC(N2)C2NNC3CCC(CC32)OC1. The zero-order chi connectivity index (χ0) is 15.5. The Kier molecular flexibility index (Phi) is 5.45. The summed E-state index contributed by atoms with van der Waals surface area (Å²) in [5, 5.41) is 10.7. The van der Waals surface area contributed by atoms with E-state index in [0.29, 0.717) is 30.1 Å². The van der Waals surface area contributed by atoms with Crippen LogP contribution in [-0.4, -0.2) is 69.9 Å². The summed E-state index contributed by atoms with van der Waals surface area (Å²) < 4.78 is 12.1. The minimum absolute atomic E-state index is 0.108. The molecule has 1 saturated carbocycles. The molecule has 0 amide bonds. The Hall–Kier alpha value is -0.280. The summed E-state index contributed by atoms with van der Waals surface area (Å²) in [5.41, 5.74) is 7.09. The predicted octanol–water partition coefficient (Wildman–Crippen LogP) is -1.09. The molecule has 0 radical (unpaired) electrons. The van der Waals surface area contributed by atoms with E-state index in [4.69, 9.17) is 9.47 Å². The van der Waals surface area contributed by atoms with E-state index in [9.17, 15) is 0 Å². The highest BCUT2D eigenvalue weighted by Crippen LogP contribution is 2.33. The van der Waals surface area contributed by atoms with Crippen LogP contribution in [0.2, 0.25) is 0 Å². The van der Waals surface area contributed by atoms with E-state index >= 15 is 0 Å². The number of nitrogens with one attached hydrogen (secondary N) is 5. The third-order valence-corrected chi connectivity index (χ3v) is 5.72. The third kappa shape index (κ3) is 3.87. The van der Waals surface area contributed by atoms with Gasteiger partial charge in [0.25, 0.3) is 0 Å². The number of fused-ring (bicyclic) bond motifs is 4. The van der Waals surface area contributed by atoms with Crippen LogP contribution in [0.1, 0.15) is 25.7 Å². The van der Waals surface area contributed by atoms with Gasteiger partial charge in [-0.3, -0.25) is 16.2 Å². The maximum atomic E-state index is 6.15. The molecule has 4 rings (SSSR count). The fourth-order valence-electron chi connectivity index (χ4n) is 4.51. The lowest BCUT2D eigenvalue weighted by Crippen LogP contribution is -2.63. The van der Waals surface area contributed by atoms with Gasteiger partial charge in [0, 0.05) is 44.4 Å². The smallest absolute Gasteiger partial charge is 0.121 e. The Bertz CT molecular complexity index is 385. The highest BCUT2D eigenvalue weighted by molar-refractivity contribution is 5.02. The predicted molar refractivity (Wildman–Crippen MR) is 87.9 cm³/mol. The van der Waals surface area contributed by atoms with E-state index < -0.39 is 0 Å². The first kappa shape index (κ1) is 16.2. The van der Waals surface area contributed by atoms with Crippen molar-refractivity contribution in [3.63, 3.8) is 0 Å². The van der Waals surface area contributed by atoms with Gasteiger partial charge in [-0.2, -0.15) is 0 Å². The van der Waals surface area contributed by atoms with Crippen molar-refractivity contribution in [2.45, 2.75) is 56.1 Å². The first-order chi connectivity index (χ1) is 11.4. The summed E-state index contributed by atoms with van der Waals surface area (Å²) in [6, 6.07) is 1.42. The molecule has 132 valence electrons. The van der Waals surface area contributed by atoms with Gasteiger partial charge < -0.3 is 20.1 Å². The van der Waals surface area contributed by atoms with Gasteiger partial charge in [0.1, 0.15) is 6.23 Å². The molecule has 5 N–H and O–H groups in total. The van der Waals surface area contributed by atoms with Crippen LogP contribution < -0.4 is 26.8 Å². The normalized spacial score (nSPS) is 45.9. The molecule has 4 fully saturated rings. The lowest BCUT2D eigenvalue weighted by molar-refractivity contribution is -0.00467. The quantitative estimate of drug-likeness (QED) is 0.387. The molecule has 3 heterocycles. The first-order valence-corrected chi connectivity index (χ1v) is 9.32. The highest BCUT2D eigenvalue weighted by atomic mass is 16.5. The van der Waals surface area contributed by atoms with Crippen molar-refractivity contribution in [3.05, 3.63) is 0 Å². The molecular weight excluding hydrogens is 294 g/mol. The molecule has 3 aliphatic heterocycles. The lowest BCUT2D eigenvalue weighted by Gasteiger charge is -2.39. The summed E-state index contributed by atoms with van der Waals surface area (Å²) in [6.45, 7) is 5.40. The second-order valence-electron chi connectivity index (χ2n) is 7.29. The van der Waals surface area contributed by atoms with Crippen molar-refractivity contribution < 1.29 is 9.47 Å². The average Bonchev–Trinajstić information content (AvgIpc) is 3.00. The molecule has 4 aliphatic rings. The van der Waals surface area contributed by atoms with Gasteiger partial charge in [-0.15, -0.1) is 0 Å². The molecule has 3 saturated heterocycles. The maximum absolute atomic E-state index is 6.15. The summed E-state index contributed by atoms with van der Waals surface area (Å²) >= 11 is 0. The Morgan fingerprint density at radius 3 is 2.83 bits per heavy atom. The fourth-order valence-corrected chi connectivity index (χ4v) is 4.51. The van der Waals surface area contributed by atoms with Crippen molar-refractivity contribution in [2.24, 2.45) is 5.92 Å². The fraction of sp³-hybridized carbons (Fsp3) is 1.00. The summed E-state index contributed by atoms with van der Waals surface area (Å²) in [4.78, 5) is 0. The number of rotatable bonds is 0. The van der Waals surface area contributed by atoms with Crippen LogP contribution in [0.3, 0.4) is 0 Å². The minimum Gasteiger partial charge on any atom is -0.378 e. The second kappa shape index (κ2) is 7.74. The average molecular weight is 325 g/mol. The largest absolute Gasteiger partial charge is 0.378 e. The van der Waals surface area contributed by atoms with Crippen LogP contribution in [0.25, 0.3) is 0 Å². The summed E-state index contributed by atoms with van der Waals surface area (Å²) in [5.74, 6) is 0.634. The van der Waals surface area contributed by atoms with Gasteiger partial charge in [-0.25, -0.2) is 0 Å². The first-order valence-electron chi connectivity index (χ1n) is 9.32. The number of ether oxygens (including phenoxy) is 2. The van der Waals surface area contributed by atoms with Crippen LogP contribution in [0.4, 0.5) is 0 Å². The molecule has 7 heteroatoms. The van der Waals surface area contributed by atoms with Crippen LogP contribution in [0.15, 0.2) is 0 Å². The van der Waals surface area contributed by atoms with E-state index in [1.165, 1.54) is 12.8 Å². The standard InChI is InChI=1S/C16H31N5O2/c1-4-17-5-7-23-15-10-18-9-14(19-15)16-12-8-11(22-6-1)2-3-13(12)20-21-16/h11-21H,1-10H2. The molecule has 4 bridgehead atoms. The van der Waals surface area contributed by atoms with E-state index in [1.807, 2.05) is 0 Å². The second-order valence-corrected chi connectivity index (χ2v) is 7.29. The molecule has 0 aromatic rings. The molecular formula is C16H31N5O2. The monoisotopic (exact) mass is 325 g/mol. The number of hydrazine groups is 1. The third-order valence-electron chi connectivity index (χ3n) is 5.72. The van der Waals surface area contributed by atoms with E-state index in [-0.39, 0.29) is 6.23 Å². The zero-order valence-corrected chi connectivity index (χ0v) is 13.9. The maximum Gasteiger partial charge on any atom is 0.121 e. The van der Waals surface area contributed by atoms with Crippen molar-refractivity contribution in [1.82, 2.24) is 26.8 Å².